The van der Waals surface area contributed by atoms with Crippen LogP contribution in [0, 0.1) is 0 Å². The largest absolute Gasteiger partial charge is 0.240 e. The number of nitrogens with one attached hydrogen (secondary N) is 1. The Morgan fingerprint density at radius 1 is 1.06 bits per heavy atom. The highest BCUT2D eigenvalue weighted by Crippen LogP contribution is 2.14. The zero-order valence-corrected chi connectivity index (χ0v) is 13.2. The number of unbranched alkanes of at least 4 members (excludes halogenated alkanes) is 3. The molecule has 1 aromatic carbocycles. The van der Waals surface area contributed by atoms with Crippen LogP contribution in [0.3, 0.4) is 0 Å². The smallest absolute Gasteiger partial charge is 0.211 e. The first-order valence-electron chi connectivity index (χ1n) is 5.87. The number of hydrogen-bond acceptors (Lipinski definition) is 2. The molecule has 0 aliphatic carbocycles. The molecule has 1 aromatic rings. The second kappa shape index (κ2) is 8.15. The molecule has 0 spiro atoms. The Kier molecular flexibility index (Phi) is 7.22. The van der Waals surface area contributed by atoms with E-state index in [0.717, 1.165) is 30.2 Å². The molecule has 6 heteroatoms. The van der Waals surface area contributed by atoms with E-state index < -0.39 is 10.0 Å². The molecule has 0 heterocycles. The Bertz CT molecular complexity index is 448. The Labute approximate surface area is 122 Å². The van der Waals surface area contributed by atoms with Gasteiger partial charge in [0.25, 0.3) is 0 Å². The van der Waals surface area contributed by atoms with Gasteiger partial charge in [0, 0.05) is 16.9 Å². The molecule has 1 rings (SSSR count). The van der Waals surface area contributed by atoms with E-state index in [0.29, 0.717) is 17.3 Å². The quantitative estimate of drug-likeness (QED) is 0.573. The van der Waals surface area contributed by atoms with E-state index in [1.165, 1.54) is 0 Å². The van der Waals surface area contributed by atoms with Crippen LogP contribution in [0.1, 0.15) is 25.7 Å². The number of rotatable bonds is 8. The van der Waals surface area contributed by atoms with Crippen molar-refractivity contribution >= 4 is 37.6 Å². The predicted molar refractivity (Wildman–Crippen MR) is 78.5 cm³/mol. The molecule has 0 atom stereocenters. The molecule has 1 N–H and O–H groups in total. The van der Waals surface area contributed by atoms with Crippen molar-refractivity contribution in [2.75, 3.05) is 12.4 Å². The number of sulfonamides is 1. The van der Waals surface area contributed by atoms with Crippen molar-refractivity contribution in [1.29, 1.82) is 0 Å². The van der Waals surface area contributed by atoms with Gasteiger partial charge in [-0.05, 0) is 37.1 Å². The van der Waals surface area contributed by atoms with Crippen molar-refractivity contribution in [3.05, 3.63) is 28.7 Å². The first-order chi connectivity index (χ1) is 8.56. The van der Waals surface area contributed by atoms with Gasteiger partial charge in [0.15, 0.2) is 0 Å². The van der Waals surface area contributed by atoms with Gasteiger partial charge in [-0.15, -0.1) is 11.6 Å². The zero-order chi connectivity index (χ0) is 13.4. The van der Waals surface area contributed by atoms with E-state index in [9.17, 15) is 8.42 Å². The minimum atomic E-state index is -3.37. The van der Waals surface area contributed by atoms with Crippen LogP contribution in [0.25, 0.3) is 0 Å². The molecular formula is C12H17BrClNO2S. The minimum Gasteiger partial charge on any atom is -0.211 e. The lowest BCUT2D eigenvalue weighted by atomic mass is 10.2. The Morgan fingerprint density at radius 2 is 1.67 bits per heavy atom. The van der Waals surface area contributed by atoms with Crippen LogP contribution in [0.2, 0.25) is 0 Å². The van der Waals surface area contributed by atoms with Gasteiger partial charge in [-0.3, -0.25) is 0 Å². The summed E-state index contributed by atoms with van der Waals surface area (Å²) in [6.45, 7) is 0.473. The lowest BCUT2D eigenvalue weighted by molar-refractivity contribution is 0.574. The van der Waals surface area contributed by atoms with Crippen LogP contribution < -0.4 is 4.72 Å². The highest BCUT2D eigenvalue weighted by atomic mass is 79.9. The molecule has 18 heavy (non-hydrogen) atoms. The summed E-state index contributed by atoms with van der Waals surface area (Å²) in [5, 5.41) is 0. The highest BCUT2D eigenvalue weighted by molar-refractivity contribution is 9.10. The summed E-state index contributed by atoms with van der Waals surface area (Å²) in [5.41, 5.74) is 0. The Balaban J connectivity index is 2.38. The third-order valence-corrected chi connectivity index (χ3v) is 4.75. The maximum Gasteiger partial charge on any atom is 0.240 e. The van der Waals surface area contributed by atoms with Crippen molar-refractivity contribution in [2.45, 2.75) is 30.6 Å². The van der Waals surface area contributed by atoms with E-state index >= 15 is 0 Å². The van der Waals surface area contributed by atoms with Gasteiger partial charge in [-0.2, -0.15) is 0 Å². The van der Waals surface area contributed by atoms with E-state index in [-0.39, 0.29) is 0 Å². The molecule has 0 amide bonds. The third-order valence-electron chi connectivity index (χ3n) is 2.48. The van der Waals surface area contributed by atoms with Gasteiger partial charge in [0.1, 0.15) is 0 Å². The third kappa shape index (κ3) is 5.69. The molecule has 0 aliphatic rings. The fraction of sp³-hybridized carbons (Fsp3) is 0.500. The second-order valence-electron chi connectivity index (χ2n) is 3.95. The molecule has 0 aromatic heterocycles. The van der Waals surface area contributed by atoms with Crippen LogP contribution in [0.5, 0.6) is 0 Å². The van der Waals surface area contributed by atoms with Crippen LogP contribution >= 0.6 is 27.5 Å². The minimum absolute atomic E-state index is 0.298. The van der Waals surface area contributed by atoms with Gasteiger partial charge in [0.05, 0.1) is 4.90 Å². The van der Waals surface area contributed by atoms with E-state index in [1.807, 2.05) is 0 Å². The van der Waals surface area contributed by atoms with Crippen LogP contribution in [0.4, 0.5) is 0 Å². The monoisotopic (exact) mass is 353 g/mol. The van der Waals surface area contributed by atoms with Gasteiger partial charge < -0.3 is 0 Å². The number of halogens is 2. The zero-order valence-electron chi connectivity index (χ0n) is 10.0. The Morgan fingerprint density at radius 3 is 2.28 bits per heavy atom. The van der Waals surface area contributed by atoms with Gasteiger partial charge in [-0.25, -0.2) is 13.1 Å². The van der Waals surface area contributed by atoms with E-state index in [2.05, 4.69) is 20.7 Å². The maximum absolute atomic E-state index is 11.9. The second-order valence-corrected chi connectivity index (χ2v) is 7.02. The lowest BCUT2D eigenvalue weighted by Gasteiger charge is -2.06. The topological polar surface area (TPSA) is 46.2 Å². The normalized spacial score (nSPS) is 11.7. The van der Waals surface area contributed by atoms with E-state index in [4.69, 9.17) is 11.6 Å². The first-order valence-corrected chi connectivity index (χ1v) is 8.68. The average Bonchev–Trinajstić information content (AvgIpc) is 2.34. The van der Waals surface area contributed by atoms with Crippen LogP contribution in [0.15, 0.2) is 33.6 Å². The van der Waals surface area contributed by atoms with Crippen molar-refractivity contribution < 1.29 is 8.42 Å². The fourth-order valence-electron chi connectivity index (χ4n) is 1.48. The van der Waals surface area contributed by atoms with E-state index in [1.54, 1.807) is 24.3 Å². The van der Waals surface area contributed by atoms with Crippen molar-refractivity contribution in [2.24, 2.45) is 0 Å². The molecule has 0 unspecified atom stereocenters. The highest BCUT2D eigenvalue weighted by Gasteiger charge is 2.12. The van der Waals surface area contributed by atoms with Gasteiger partial charge >= 0.3 is 0 Å². The fourth-order valence-corrected chi connectivity index (χ4v) is 3.00. The average molecular weight is 355 g/mol. The number of benzene rings is 1. The van der Waals surface area contributed by atoms with Crippen molar-refractivity contribution in [1.82, 2.24) is 4.72 Å². The Hall–Kier alpha value is -0.100. The number of alkyl halides is 1. The molecule has 0 saturated carbocycles. The summed E-state index contributed by atoms with van der Waals surface area (Å²) in [6.07, 6.45) is 3.87. The molecule has 0 fully saturated rings. The van der Waals surface area contributed by atoms with Crippen LogP contribution in [-0.4, -0.2) is 20.8 Å². The van der Waals surface area contributed by atoms with Gasteiger partial charge in [0.2, 0.25) is 10.0 Å². The van der Waals surface area contributed by atoms with Crippen LogP contribution in [-0.2, 0) is 10.0 Å². The summed E-state index contributed by atoms with van der Waals surface area (Å²) in [7, 11) is -3.37. The maximum atomic E-state index is 11.9. The SMILES string of the molecule is O=S(=O)(NCCCCCCCl)c1ccc(Br)cc1. The summed E-state index contributed by atoms with van der Waals surface area (Å²) < 4.78 is 27.2. The summed E-state index contributed by atoms with van der Waals surface area (Å²) >= 11 is 8.84. The molecule has 0 radical (unpaired) electrons. The summed E-state index contributed by atoms with van der Waals surface area (Å²) in [5.74, 6) is 0.671. The lowest BCUT2D eigenvalue weighted by Crippen LogP contribution is -2.24. The summed E-state index contributed by atoms with van der Waals surface area (Å²) in [6, 6.07) is 6.60. The first kappa shape index (κ1) is 16.0. The molecule has 102 valence electrons. The molecule has 0 saturated heterocycles. The summed E-state index contributed by atoms with van der Waals surface area (Å²) in [4.78, 5) is 0.298. The standard InChI is InChI=1S/C12H17BrClNO2S/c13-11-5-7-12(8-6-11)18(16,17)15-10-4-2-1-3-9-14/h5-8,15H,1-4,9-10H2. The predicted octanol–water partition coefficient (Wildman–Crippen LogP) is 3.53. The molecule has 0 aliphatic heterocycles. The molecule has 3 nitrogen and oxygen atoms in total. The van der Waals surface area contributed by atoms with Crippen molar-refractivity contribution in [3.63, 3.8) is 0 Å². The van der Waals surface area contributed by atoms with Gasteiger partial charge in [-0.1, -0.05) is 28.8 Å². The number of hydrogen-bond donors (Lipinski definition) is 1. The van der Waals surface area contributed by atoms with Crippen molar-refractivity contribution in [3.8, 4) is 0 Å². The molecule has 0 bridgehead atoms. The molecular weight excluding hydrogens is 338 g/mol.